The van der Waals surface area contributed by atoms with Gasteiger partial charge >= 0.3 is 6.36 Å². The lowest BCUT2D eigenvalue weighted by molar-refractivity contribution is -0.274. The third-order valence-corrected chi connectivity index (χ3v) is 3.81. The number of alkyl halides is 3. The Bertz CT molecular complexity index is 649. The quantitative estimate of drug-likeness (QED) is 0.698. The maximum atomic E-state index is 12.3. The van der Waals surface area contributed by atoms with Crippen LogP contribution in [0.5, 0.6) is 11.5 Å². The number of para-hydroxylation sites is 1. The molecular weight excluding hydrogens is 361 g/mol. The van der Waals surface area contributed by atoms with Crippen LogP contribution in [-0.2, 0) is 6.61 Å². The molecule has 0 aliphatic rings. The highest BCUT2D eigenvalue weighted by atomic mass is 79.9. The van der Waals surface area contributed by atoms with Crippen molar-refractivity contribution in [3.63, 3.8) is 0 Å². The summed E-state index contributed by atoms with van der Waals surface area (Å²) < 4.78 is 47.1. The van der Waals surface area contributed by atoms with Gasteiger partial charge < -0.3 is 9.47 Å². The monoisotopic (exact) mass is 374 g/mol. The smallest absolute Gasteiger partial charge is 0.488 e. The minimum Gasteiger partial charge on any atom is -0.488 e. The molecule has 2 aromatic rings. The zero-order valence-corrected chi connectivity index (χ0v) is 13.6. The first-order chi connectivity index (χ1) is 10.3. The molecule has 6 heteroatoms. The molecule has 0 unspecified atom stereocenters. The molecule has 2 rings (SSSR count). The van der Waals surface area contributed by atoms with Gasteiger partial charge in [-0.25, -0.2) is 0 Å². The summed E-state index contributed by atoms with van der Waals surface area (Å²) in [5, 5.41) is 0. The molecule has 0 aromatic heterocycles. The van der Waals surface area contributed by atoms with Crippen molar-refractivity contribution in [3.05, 3.63) is 57.6 Å². The molecule has 0 N–H and O–H groups in total. The first-order valence-electron chi connectivity index (χ1n) is 6.49. The molecule has 0 amide bonds. The molecule has 0 saturated carbocycles. The topological polar surface area (TPSA) is 18.5 Å². The lowest BCUT2D eigenvalue weighted by atomic mass is 10.1. The molecule has 0 atom stereocenters. The van der Waals surface area contributed by atoms with E-state index in [-0.39, 0.29) is 12.4 Å². The molecule has 0 bridgehead atoms. The number of rotatable bonds is 4. The van der Waals surface area contributed by atoms with Gasteiger partial charge in [-0.3, -0.25) is 0 Å². The summed E-state index contributed by atoms with van der Waals surface area (Å²) in [7, 11) is 0. The Morgan fingerprint density at radius 3 is 2.27 bits per heavy atom. The van der Waals surface area contributed by atoms with Gasteiger partial charge in [0.2, 0.25) is 0 Å². The van der Waals surface area contributed by atoms with Crippen LogP contribution in [0.3, 0.4) is 0 Å². The zero-order chi connectivity index (χ0) is 16.3. The first-order valence-corrected chi connectivity index (χ1v) is 7.29. The number of aryl methyl sites for hydroxylation is 2. The van der Waals surface area contributed by atoms with Gasteiger partial charge in [0.25, 0.3) is 0 Å². The number of halogens is 4. The van der Waals surface area contributed by atoms with E-state index in [1.165, 1.54) is 18.2 Å². The van der Waals surface area contributed by atoms with E-state index in [1.54, 1.807) is 0 Å². The van der Waals surface area contributed by atoms with Crippen LogP contribution in [0, 0.1) is 13.8 Å². The van der Waals surface area contributed by atoms with Crippen molar-refractivity contribution in [3.8, 4) is 11.5 Å². The molecular formula is C16H14BrF3O2. The normalized spacial score (nSPS) is 11.4. The molecule has 0 spiro atoms. The van der Waals surface area contributed by atoms with Gasteiger partial charge in [-0.2, -0.15) is 0 Å². The van der Waals surface area contributed by atoms with Crippen LogP contribution in [0.4, 0.5) is 13.2 Å². The van der Waals surface area contributed by atoms with Crippen LogP contribution in [0.15, 0.2) is 40.9 Å². The molecule has 0 aliphatic carbocycles. The van der Waals surface area contributed by atoms with Crippen molar-refractivity contribution >= 4 is 15.9 Å². The Labute approximate surface area is 135 Å². The van der Waals surface area contributed by atoms with E-state index in [1.807, 2.05) is 32.0 Å². The molecule has 2 nitrogen and oxygen atoms in total. The lowest BCUT2D eigenvalue weighted by Crippen LogP contribution is -2.17. The average Bonchev–Trinajstić information content (AvgIpc) is 2.40. The molecule has 0 fully saturated rings. The van der Waals surface area contributed by atoms with Gasteiger partial charge in [0.15, 0.2) is 0 Å². The second kappa shape index (κ2) is 6.60. The van der Waals surface area contributed by atoms with Gasteiger partial charge in [0.05, 0.1) is 0 Å². The van der Waals surface area contributed by atoms with E-state index in [0.29, 0.717) is 10.0 Å². The number of hydrogen-bond acceptors (Lipinski definition) is 2. The number of benzene rings is 2. The summed E-state index contributed by atoms with van der Waals surface area (Å²) in [6, 6.07) is 9.82. The fourth-order valence-corrected chi connectivity index (χ4v) is 2.40. The van der Waals surface area contributed by atoms with Gasteiger partial charge in [-0.05, 0) is 43.2 Å². The van der Waals surface area contributed by atoms with Crippen LogP contribution in [0.1, 0.15) is 16.7 Å². The van der Waals surface area contributed by atoms with E-state index >= 15 is 0 Å². The van der Waals surface area contributed by atoms with Crippen molar-refractivity contribution in [1.82, 2.24) is 0 Å². The van der Waals surface area contributed by atoms with E-state index in [9.17, 15) is 13.2 Å². The maximum absolute atomic E-state index is 12.3. The minimum atomic E-state index is -4.71. The van der Waals surface area contributed by atoms with Crippen molar-refractivity contribution in [2.45, 2.75) is 26.8 Å². The van der Waals surface area contributed by atoms with Crippen molar-refractivity contribution in [2.75, 3.05) is 0 Å². The first kappa shape index (κ1) is 16.7. The highest BCUT2D eigenvalue weighted by Crippen LogP contribution is 2.29. The van der Waals surface area contributed by atoms with Crippen LogP contribution in [0.2, 0.25) is 0 Å². The highest BCUT2D eigenvalue weighted by molar-refractivity contribution is 9.10. The number of hydrogen-bond donors (Lipinski definition) is 0. The van der Waals surface area contributed by atoms with E-state index in [0.717, 1.165) is 16.9 Å². The second-order valence-corrected chi connectivity index (χ2v) is 5.66. The molecule has 118 valence electrons. The Balaban J connectivity index is 2.17. The van der Waals surface area contributed by atoms with Gasteiger partial charge in [-0.15, -0.1) is 13.2 Å². The van der Waals surface area contributed by atoms with Crippen molar-refractivity contribution in [1.29, 1.82) is 0 Å². The Morgan fingerprint density at radius 2 is 1.68 bits per heavy atom. The highest BCUT2D eigenvalue weighted by Gasteiger charge is 2.31. The van der Waals surface area contributed by atoms with Gasteiger partial charge in [-0.1, -0.05) is 34.1 Å². The fraction of sp³-hybridized carbons (Fsp3) is 0.250. The predicted octanol–water partition coefficient (Wildman–Crippen LogP) is 5.54. The third kappa shape index (κ3) is 4.40. The maximum Gasteiger partial charge on any atom is 0.573 e. The standard InChI is InChI=1S/C16H14BrF3O2/c1-10-4-3-5-11(2)15(10)21-9-12-8-13(6-7-14(12)17)22-16(18,19)20/h3-8H,9H2,1-2H3. The fourth-order valence-electron chi connectivity index (χ4n) is 2.04. The van der Waals surface area contributed by atoms with E-state index in [4.69, 9.17) is 4.74 Å². The van der Waals surface area contributed by atoms with Gasteiger partial charge in [0.1, 0.15) is 18.1 Å². The molecule has 0 radical (unpaired) electrons. The molecule has 0 heterocycles. The zero-order valence-electron chi connectivity index (χ0n) is 12.0. The van der Waals surface area contributed by atoms with Crippen LogP contribution < -0.4 is 9.47 Å². The largest absolute Gasteiger partial charge is 0.573 e. The summed E-state index contributed by atoms with van der Waals surface area (Å²) >= 11 is 3.30. The second-order valence-electron chi connectivity index (χ2n) is 4.81. The summed E-state index contributed by atoms with van der Waals surface area (Å²) in [5.74, 6) is 0.465. The lowest BCUT2D eigenvalue weighted by Gasteiger charge is -2.14. The van der Waals surface area contributed by atoms with Crippen LogP contribution in [0.25, 0.3) is 0 Å². The summed E-state index contributed by atoms with van der Waals surface area (Å²) in [6.45, 7) is 3.97. The SMILES string of the molecule is Cc1cccc(C)c1OCc1cc(OC(F)(F)F)ccc1Br. The average molecular weight is 375 g/mol. The Morgan fingerprint density at radius 1 is 1.05 bits per heavy atom. The molecule has 0 aliphatic heterocycles. The van der Waals surface area contributed by atoms with E-state index in [2.05, 4.69) is 20.7 Å². The van der Waals surface area contributed by atoms with Gasteiger partial charge in [0, 0.05) is 10.0 Å². The molecule has 2 aromatic carbocycles. The van der Waals surface area contributed by atoms with Crippen LogP contribution in [-0.4, -0.2) is 6.36 Å². The summed E-state index contributed by atoms with van der Waals surface area (Å²) in [5.41, 5.74) is 2.52. The third-order valence-electron chi connectivity index (χ3n) is 3.03. The summed E-state index contributed by atoms with van der Waals surface area (Å²) in [4.78, 5) is 0. The Kier molecular flexibility index (Phi) is 5.01. The van der Waals surface area contributed by atoms with Crippen molar-refractivity contribution < 1.29 is 22.6 Å². The minimum absolute atomic E-state index is 0.140. The number of ether oxygens (including phenoxy) is 2. The predicted molar refractivity (Wildman–Crippen MR) is 81.1 cm³/mol. The molecule has 22 heavy (non-hydrogen) atoms. The van der Waals surface area contributed by atoms with E-state index < -0.39 is 6.36 Å². The van der Waals surface area contributed by atoms with Crippen LogP contribution >= 0.6 is 15.9 Å². The Hall–Kier alpha value is -1.69. The molecule has 0 saturated heterocycles. The van der Waals surface area contributed by atoms with Crippen molar-refractivity contribution in [2.24, 2.45) is 0 Å². The summed E-state index contributed by atoms with van der Waals surface area (Å²) in [6.07, 6.45) is -4.71.